The lowest BCUT2D eigenvalue weighted by atomic mass is 10.0. The van der Waals surface area contributed by atoms with E-state index in [2.05, 4.69) is 55.1 Å². The van der Waals surface area contributed by atoms with E-state index in [0.29, 0.717) is 10.0 Å². The van der Waals surface area contributed by atoms with Crippen LogP contribution in [0.5, 0.6) is 0 Å². The molecule has 1 atom stereocenters. The predicted octanol–water partition coefficient (Wildman–Crippen LogP) is 6.93. The molecule has 0 radical (unpaired) electrons. The maximum atomic E-state index is 13.1. The summed E-state index contributed by atoms with van der Waals surface area (Å²) in [7, 11) is -2.12. The quantitative estimate of drug-likeness (QED) is 0.421. The van der Waals surface area contributed by atoms with Gasteiger partial charge in [-0.2, -0.15) is 13.2 Å². The normalized spacial score (nSPS) is 14.4. The fraction of sp³-hybridized carbons (Fsp3) is 0.667. The van der Waals surface area contributed by atoms with E-state index < -0.39 is 37.8 Å². The number of carbonyl (C=O) groups excluding carboxylic acids is 1. The number of ether oxygens (including phenoxy) is 1. The molecule has 1 rings (SSSR count). The molecule has 0 saturated heterocycles. The van der Waals surface area contributed by atoms with Gasteiger partial charge in [-0.15, -0.1) is 0 Å². The number of alkyl halides is 3. The molecule has 1 aromatic carbocycles. The summed E-state index contributed by atoms with van der Waals surface area (Å²) >= 11 is 3.32. The molecule has 30 heavy (non-hydrogen) atoms. The first-order valence-electron chi connectivity index (χ1n) is 9.81. The molecule has 0 saturated carbocycles. The smallest absolute Gasteiger partial charge is 0.416 e. The van der Waals surface area contributed by atoms with Gasteiger partial charge in [-0.3, -0.25) is 0 Å². The number of carbonyl (C=O) groups is 1. The molecular formula is C21H33BrF3NO3Si. The molecule has 1 N–H and O–H groups in total. The van der Waals surface area contributed by atoms with Gasteiger partial charge in [-0.05, 0) is 69.1 Å². The van der Waals surface area contributed by atoms with Crippen LogP contribution in [-0.4, -0.2) is 32.7 Å². The van der Waals surface area contributed by atoms with E-state index in [0.717, 1.165) is 12.1 Å². The van der Waals surface area contributed by atoms with E-state index in [1.807, 2.05) is 0 Å². The summed E-state index contributed by atoms with van der Waals surface area (Å²) in [4.78, 5) is 12.3. The highest BCUT2D eigenvalue weighted by Crippen LogP contribution is 2.37. The molecule has 9 heteroatoms. The number of benzene rings is 1. The third-order valence-electron chi connectivity index (χ3n) is 5.01. The lowest BCUT2D eigenvalue weighted by molar-refractivity contribution is -0.137. The number of alkyl carbamates (subject to hydrolysis) is 1. The summed E-state index contributed by atoms with van der Waals surface area (Å²) in [5, 5.41) is 2.72. The second-order valence-electron chi connectivity index (χ2n) is 9.92. The van der Waals surface area contributed by atoms with Gasteiger partial charge in [-0.25, -0.2) is 4.79 Å². The van der Waals surface area contributed by atoms with Gasteiger partial charge < -0.3 is 14.5 Å². The van der Waals surface area contributed by atoms with Crippen molar-refractivity contribution in [3.8, 4) is 0 Å². The predicted molar refractivity (Wildman–Crippen MR) is 119 cm³/mol. The largest absolute Gasteiger partial charge is 0.444 e. The molecule has 0 bridgehead atoms. The van der Waals surface area contributed by atoms with E-state index >= 15 is 0 Å². The molecule has 0 aliphatic rings. The third kappa shape index (κ3) is 8.59. The molecule has 0 aliphatic carbocycles. The Morgan fingerprint density at radius 1 is 1.13 bits per heavy atom. The maximum absolute atomic E-state index is 13.1. The average Bonchev–Trinajstić information content (AvgIpc) is 2.50. The lowest BCUT2D eigenvalue weighted by Crippen LogP contribution is -2.48. The van der Waals surface area contributed by atoms with Crippen molar-refractivity contribution in [2.24, 2.45) is 0 Å². The molecule has 0 aromatic heterocycles. The van der Waals surface area contributed by atoms with Crippen molar-refractivity contribution < 1.29 is 27.1 Å². The summed E-state index contributed by atoms with van der Waals surface area (Å²) in [6, 6.07) is 2.95. The maximum Gasteiger partial charge on any atom is 0.416 e. The summed E-state index contributed by atoms with van der Waals surface area (Å²) in [5.41, 5.74) is -0.988. The van der Waals surface area contributed by atoms with Crippen LogP contribution in [0.4, 0.5) is 18.0 Å². The minimum atomic E-state index is -4.44. The van der Waals surface area contributed by atoms with Crippen LogP contribution in [0, 0.1) is 0 Å². The Bertz CT molecular complexity index is 740. The first kappa shape index (κ1) is 27.0. The summed E-state index contributed by atoms with van der Waals surface area (Å²) in [6.45, 7) is 15.9. The average molecular weight is 512 g/mol. The second kappa shape index (κ2) is 9.61. The van der Waals surface area contributed by atoms with Crippen LogP contribution in [0.1, 0.15) is 52.7 Å². The zero-order chi connectivity index (χ0) is 23.5. The van der Waals surface area contributed by atoms with Crippen LogP contribution < -0.4 is 5.32 Å². The topological polar surface area (TPSA) is 47.6 Å². The molecule has 4 nitrogen and oxygen atoms in total. The van der Waals surface area contributed by atoms with Gasteiger partial charge in [0.25, 0.3) is 0 Å². The number of nitrogens with one attached hydrogen (secondary N) is 1. The summed E-state index contributed by atoms with van der Waals surface area (Å²) in [5.74, 6) is 0. The van der Waals surface area contributed by atoms with Crippen LogP contribution in [0.15, 0.2) is 22.7 Å². The van der Waals surface area contributed by atoms with Crippen molar-refractivity contribution in [3.05, 3.63) is 33.8 Å². The van der Waals surface area contributed by atoms with Crippen molar-refractivity contribution in [3.63, 3.8) is 0 Å². The SMILES string of the molecule is CC(C)(C)OC(=O)N[C@H](CO[Si](C)(C)C(C)(C)C)Cc1cc(C(F)(F)F)ccc1Br. The Balaban J connectivity index is 3.10. The molecule has 0 fully saturated rings. The Morgan fingerprint density at radius 2 is 1.70 bits per heavy atom. The Labute approximate surface area is 187 Å². The third-order valence-corrected chi connectivity index (χ3v) is 10.3. The van der Waals surface area contributed by atoms with Gasteiger partial charge in [0.2, 0.25) is 0 Å². The van der Waals surface area contributed by atoms with E-state index in [1.54, 1.807) is 20.8 Å². The van der Waals surface area contributed by atoms with Gasteiger partial charge >= 0.3 is 12.3 Å². The van der Waals surface area contributed by atoms with Crippen LogP contribution in [0.3, 0.4) is 0 Å². The Morgan fingerprint density at radius 3 is 2.17 bits per heavy atom. The number of hydrogen-bond donors (Lipinski definition) is 1. The van der Waals surface area contributed by atoms with Crippen molar-refractivity contribution in [2.45, 2.75) is 83.9 Å². The van der Waals surface area contributed by atoms with Gasteiger partial charge in [0.1, 0.15) is 5.60 Å². The number of halogens is 4. The lowest BCUT2D eigenvalue weighted by Gasteiger charge is -2.37. The first-order chi connectivity index (χ1) is 13.3. The van der Waals surface area contributed by atoms with E-state index in [1.165, 1.54) is 6.07 Å². The van der Waals surface area contributed by atoms with Gasteiger partial charge in [0.15, 0.2) is 8.32 Å². The molecular weight excluding hydrogens is 479 g/mol. The van der Waals surface area contributed by atoms with E-state index in [9.17, 15) is 18.0 Å². The van der Waals surface area contributed by atoms with Crippen LogP contribution >= 0.6 is 15.9 Å². The summed E-state index contributed by atoms with van der Waals surface area (Å²) < 4.78 is 51.5. The van der Waals surface area contributed by atoms with Crippen molar-refractivity contribution in [1.82, 2.24) is 5.32 Å². The highest BCUT2D eigenvalue weighted by Gasteiger charge is 2.38. The minimum absolute atomic E-state index is 0.0414. The zero-order valence-electron chi connectivity index (χ0n) is 19.0. The van der Waals surface area contributed by atoms with Gasteiger partial charge in [0.05, 0.1) is 18.2 Å². The number of rotatable bonds is 6. The van der Waals surface area contributed by atoms with Crippen LogP contribution in [0.25, 0.3) is 0 Å². The highest BCUT2D eigenvalue weighted by molar-refractivity contribution is 9.10. The molecule has 0 aliphatic heterocycles. The monoisotopic (exact) mass is 511 g/mol. The van der Waals surface area contributed by atoms with Gasteiger partial charge in [0, 0.05) is 4.47 Å². The molecule has 0 heterocycles. The fourth-order valence-electron chi connectivity index (χ4n) is 2.32. The van der Waals surface area contributed by atoms with Crippen LogP contribution in [-0.2, 0) is 21.8 Å². The fourth-order valence-corrected chi connectivity index (χ4v) is 3.78. The number of hydrogen-bond acceptors (Lipinski definition) is 3. The zero-order valence-corrected chi connectivity index (χ0v) is 21.5. The second-order valence-corrected chi connectivity index (χ2v) is 15.6. The molecule has 172 valence electrons. The first-order valence-corrected chi connectivity index (χ1v) is 13.5. The standard InChI is InChI=1S/C21H33BrF3NO3Si/c1-19(2,3)29-18(27)26-16(13-28-30(7,8)20(4,5)6)12-14-11-15(21(23,24)25)9-10-17(14)22/h9-11,16H,12-13H2,1-8H3,(H,26,27)/t16-/m0/s1. The molecule has 0 unspecified atom stereocenters. The summed E-state index contributed by atoms with van der Waals surface area (Å²) in [6.07, 6.45) is -4.91. The van der Waals surface area contributed by atoms with E-state index in [4.69, 9.17) is 9.16 Å². The van der Waals surface area contributed by atoms with Crippen molar-refractivity contribution in [2.75, 3.05) is 6.61 Å². The Kier molecular flexibility index (Phi) is 8.64. The van der Waals surface area contributed by atoms with Crippen LogP contribution in [0.2, 0.25) is 18.1 Å². The molecule has 0 spiro atoms. The number of amides is 1. The van der Waals surface area contributed by atoms with Gasteiger partial charge in [-0.1, -0.05) is 36.7 Å². The minimum Gasteiger partial charge on any atom is -0.444 e. The van der Waals surface area contributed by atoms with Crippen molar-refractivity contribution >= 4 is 30.3 Å². The molecule has 1 amide bonds. The Hall–Kier alpha value is -1.06. The van der Waals surface area contributed by atoms with E-state index in [-0.39, 0.29) is 18.1 Å². The van der Waals surface area contributed by atoms with Crippen molar-refractivity contribution in [1.29, 1.82) is 0 Å². The molecule has 1 aromatic rings. The highest BCUT2D eigenvalue weighted by atomic mass is 79.9.